The number of aliphatic hydroxyl groups is 1. The fourth-order valence-corrected chi connectivity index (χ4v) is 1.67. The lowest BCUT2D eigenvalue weighted by molar-refractivity contribution is 0.331. The van der Waals surface area contributed by atoms with Gasteiger partial charge in [-0.05, 0) is 22.9 Å². The van der Waals surface area contributed by atoms with Gasteiger partial charge in [-0.15, -0.1) is 0 Å². The number of aliphatic hydroxyl groups excluding tert-OH is 1. The average Bonchev–Trinajstić information content (AvgIpc) is 2.76. The highest BCUT2D eigenvalue weighted by Gasteiger charge is 2.07. The van der Waals surface area contributed by atoms with E-state index in [4.69, 9.17) is 5.11 Å². The van der Waals surface area contributed by atoms with Crippen molar-refractivity contribution in [1.29, 1.82) is 0 Å². The second-order valence-electron chi connectivity index (χ2n) is 3.53. The molecule has 0 spiro atoms. The van der Waals surface area contributed by atoms with Crippen LogP contribution in [0.5, 0.6) is 0 Å². The Morgan fingerprint density at radius 1 is 1.59 bits per heavy atom. The first kappa shape index (κ1) is 12.0. The number of imidazole rings is 1. The van der Waals surface area contributed by atoms with Crippen LogP contribution in [-0.2, 0) is 0 Å². The van der Waals surface area contributed by atoms with E-state index < -0.39 is 0 Å². The minimum Gasteiger partial charge on any atom is -0.392 e. The normalized spacial score (nSPS) is 12.1. The van der Waals surface area contributed by atoms with Crippen LogP contribution < -0.4 is 5.32 Å². The van der Waals surface area contributed by atoms with E-state index in [0.717, 1.165) is 11.1 Å². The molecule has 0 bridgehead atoms. The Morgan fingerprint density at radius 3 is 3.18 bits per heavy atom. The quantitative estimate of drug-likeness (QED) is 0.588. The van der Waals surface area contributed by atoms with Gasteiger partial charge >= 0.3 is 0 Å². The summed E-state index contributed by atoms with van der Waals surface area (Å²) in [6.07, 6.45) is 3.48. The van der Waals surface area contributed by atoms with Crippen molar-refractivity contribution in [2.75, 3.05) is 18.5 Å². The van der Waals surface area contributed by atoms with Gasteiger partial charge in [-0.3, -0.25) is 0 Å². The van der Waals surface area contributed by atoms with E-state index in [2.05, 4.69) is 41.2 Å². The van der Waals surface area contributed by atoms with Gasteiger partial charge < -0.3 is 15.4 Å². The number of halogens is 1. The van der Waals surface area contributed by atoms with E-state index in [0.29, 0.717) is 22.7 Å². The van der Waals surface area contributed by atoms with E-state index in [-0.39, 0.29) is 6.61 Å². The van der Waals surface area contributed by atoms with Gasteiger partial charge in [-0.2, -0.15) is 0 Å². The van der Waals surface area contributed by atoms with Crippen LogP contribution in [0.1, 0.15) is 6.92 Å². The first-order valence-electron chi connectivity index (χ1n) is 5.07. The molecule has 90 valence electrons. The Balaban J connectivity index is 2.20. The zero-order valence-corrected chi connectivity index (χ0v) is 10.8. The fraction of sp³-hybridized carbons (Fsp3) is 0.300. The molecule has 0 aromatic carbocycles. The van der Waals surface area contributed by atoms with Crippen molar-refractivity contribution in [3.8, 4) is 0 Å². The van der Waals surface area contributed by atoms with Crippen molar-refractivity contribution < 1.29 is 5.11 Å². The number of H-pyrrole nitrogens is 1. The van der Waals surface area contributed by atoms with Crippen molar-refractivity contribution in [2.45, 2.75) is 6.92 Å². The predicted octanol–water partition coefficient (Wildman–Crippen LogP) is 1.47. The molecule has 0 fully saturated rings. The molecule has 2 aromatic heterocycles. The zero-order chi connectivity index (χ0) is 12.3. The Hall–Kier alpha value is -1.47. The van der Waals surface area contributed by atoms with E-state index in [9.17, 15) is 0 Å². The van der Waals surface area contributed by atoms with Crippen LogP contribution in [0.2, 0.25) is 0 Å². The van der Waals surface area contributed by atoms with Gasteiger partial charge in [0.25, 0.3) is 0 Å². The maximum Gasteiger partial charge on any atom is 0.200 e. The number of fused-ring (bicyclic) bond motifs is 1. The molecule has 0 atom stereocenters. The topological polar surface area (TPSA) is 86.7 Å². The molecule has 2 heterocycles. The molecule has 0 amide bonds. The van der Waals surface area contributed by atoms with Crippen LogP contribution in [0, 0.1) is 0 Å². The summed E-state index contributed by atoms with van der Waals surface area (Å²) in [7, 11) is 0. The third-order valence-electron chi connectivity index (χ3n) is 2.23. The summed E-state index contributed by atoms with van der Waals surface area (Å²) in [5.74, 6) is 0.682. The van der Waals surface area contributed by atoms with Gasteiger partial charge in [0, 0.05) is 6.54 Å². The molecule has 17 heavy (non-hydrogen) atoms. The molecular formula is C10H12BrN5O. The van der Waals surface area contributed by atoms with Crippen LogP contribution in [-0.4, -0.2) is 38.2 Å². The highest BCUT2D eigenvalue weighted by atomic mass is 79.9. The van der Waals surface area contributed by atoms with Gasteiger partial charge in [-0.1, -0.05) is 11.6 Å². The number of anilines is 1. The highest BCUT2D eigenvalue weighted by Crippen LogP contribution is 2.18. The number of nitrogens with zero attached hydrogens (tertiary/aromatic N) is 3. The molecule has 0 aliphatic carbocycles. The number of rotatable bonds is 4. The van der Waals surface area contributed by atoms with E-state index >= 15 is 0 Å². The number of hydrogen-bond acceptors (Lipinski definition) is 5. The van der Waals surface area contributed by atoms with Crippen LogP contribution in [0.25, 0.3) is 11.2 Å². The molecule has 0 saturated carbocycles. The Labute approximate surface area is 106 Å². The van der Waals surface area contributed by atoms with Crippen LogP contribution >= 0.6 is 15.9 Å². The van der Waals surface area contributed by atoms with Gasteiger partial charge in [0.15, 0.2) is 11.5 Å². The van der Waals surface area contributed by atoms with Crippen molar-refractivity contribution in [1.82, 2.24) is 19.9 Å². The Kier molecular flexibility index (Phi) is 3.70. The molecule has 3 N–H and O–H groups in total. The molecule has 7 heteroatoms. The fourth-order valence-electron chi connectivity index (χ4n) is 1.32. The Bertz CT molecular complexity index is 551. The number of aromatic nitrogens is 4. The van der Waals surface area contributed by atoms with Crippen LogP contribution in [0.4, 0.5) is 5.82 Å². The third kappa shape index (κ3) is 2.80. The van der Waals surface area contributed by atoms with Gasteiger partial charge in [0.2, 0.25) is 4.73 Å². The molecule has 2 rings (SSSR count). The highest BCUT2D eigenvalue weighted by molar-refractivity contribution is 9.10. The summed E-state index contributed by atoms with van der Waals surface area (Å²) in [5, 5.41) is 12.0. The Morgan fingerprint density at radius 2 is 2.41 bits per heavy atom. The van der Waals surface area contributed by atoms with Crippen molar-refractivity contribution in [3.05, 3.63) is 22.7 Å². The summed E-state index contributed by atoms with van der Waals surface area (Å²) in [6.45, 7) is 2.52. The lowest BCUT2D eigenvalue weighted by Crippen LogP contribution is -2.04. The molecule has 0 unspecified atom stereocenters. The smallest absolute Gasteiger partial charge is 0.200 e. The first-order valence-corrected chi connectivity index (χ1v) is 5.87. The largest absolute Gasteiger partial charge is 0.392 e. The number of nitrogens with one attached hydrogen (secondary N) is 2. The molecule has 0 radical (unpaired) electrons. The molecule has 6 nitrogen and oxygen atoms in total. The summed E-state index contributed by atoms with van der Waals surface area (Å²) in [4.78, 5) is 15.4. The van der Waals surface area contributed by atoms with Crippen LogP contribution in [0.15, 0.2) is 22.7 Å². The van der Waals surface area contributed by atoms with Gasteiger partial charge in [0.05, 0.1) is 12.9 Å². The minimum atomic E-state index is 0.0641. The summed E-state index contributed by atoms with van der Waals surface area (Å²) in [6, 6.07) is 0. The van der Waals surface area contributed by atoms with Crippen molar-refractivity contribution in [2.24, 2.45) is 0 Å². The second kappa shape index (κ2) is 5.24. The summed E-state index contributed by atoms with van der Waals surface area (Å²) in [5.41, 5.74) is 2.28. The van der Waals surface area contributed by atoms with Gasteiger partial charge in [-0.25, -0.2) is 15.0 Å². The number of aromatic amines is 1. The molecule has 0 aliphatic rings. The maximum absolute atomic E-state index is 8.87. The van der Waals surface area contributed by atoms with Crippen molar-refractivity contribution >= 4 is 32.9 Å². The summed E-state index contributed by atoms with van der Waals surface area (Å²) >= 11 is 3.23. The zero-order valence-electron chi connectivity index (χ0n) is 9.24. The lowest BCUT2D eigenvalue weighted by Gasteiger charge is -2.04. The van der Waals surface area contributed by atoms with E-state index in [1.165, 1.54) is 0 Å². The van der Waals surface area contributed by atoms with Gasteiger partial charge in [0.1, 0.15) is 5.52 Å². The number of hydrogen-bond donors (Lipinski definition) is 3. The average molecular weight is 298 g/mol. The second-order valence-corrected chi connectivity index (χ2v) is 4.24. The molecule has 0 aliphatic heterocycles. The van der Waals surface area contributed by atoms with Crippen LogP contribution in [0.3, 0.4) is 0 Å². The molecular weight excluding hydrogens is 286 g/mol. The monoisotopic (exact) mass is 297 g/mol. The summed E-state index contributed by atoms with van der Waals surface area (Å²) < 4.78 is 0.488. The standard InChI is InChI=1S/C10H12BrN5O/c1-6(4-17)2-3-12-8-7-9(14-5-13-7)16-10(11)15-8/h2,5,17H,3-4H2,1H3,(H2,12,13,14,15,16). The molecule has 2 aromatic rings. The minimum absolute atomic E-state index is 0.0641. The van der Waals surface area contributed by atoms with E-state index in [1.54, 1.807) is 6.33 Å². The molecule has 0 saturated heterocycles. The van der Waals surface area contributed by atoms with E-state index in [1.807, 2.05) is 13.0 Å². The predicted molar refractivity (Wildman–Crippen MR) is 68.7 cm³/mol. The van der Waals surface area contributed by atoms with Crippen molar-refractivity contribution in [3.63, 3.8) is 0 Å². The third-order valence-corrected chi connectivity index (χ3v) is 2.58. The lowest BCUT2D eigenvalue weighted by atomic mass is 10.3. The maximum atomic E-state index is 8.87. The SMILES string of the molecule is CC(=CCNc1nc(Br)nc2nc[nH]c12)CO. The first-order chi connectivity index (χ1) is 8.20.